The summed E-state index contributed by atoms with van der Waals surface area (Å²) in [4.78, 5) is 9.92. The second-order valence-corrected chi connectivity index (χ2v) is 2.98. The molecule has 0 bridgehead atoms. The molecule has 1 saturated carbocycles. The summed E-state index contributed by atoms with van der Waals surface area (Å²) in [6, 6.07) is 0. The summed E-state index contributed by atoms with van der Waals surface area (Å²) in [5.74, 6) is 0.847. The molecule has 1 N–H and O–H groups in total. The lowest BCUT2D eigenvalue weighted by molar-refractivity contribution is -0.107. The van der Waals surface area contributed by atoms with Crippen molar-refractivity contribution >= 4 is 6.29 Å². The molecule has 2 heteroatoms. The van der Waals surface area contributed by atoms with Crippen LogP contribution in [0.2, 0.25) is 0 Å². The molecule has 0 aromatic rings. The second kappa shape index (κ2) is 4.45. The molecule has 0 saturated heterocycles. The molecule has 0 spiro atoms. The summed E-state index contributed by atoms with van der Waals surface area (Å²) in [5, 5.41) is 3.11. The van der Waals surface area contributed by atoms with Crippen molar-refractivity contribution in [2.45, 2.75) is 25.7 Å². The average molecular weight is 141 g/mol. The van der Waals surface area contributed by atoms with Crippen molar-refractivity contribution in [3.05, 3.63) is 0 Å². The molecule has 0 unspecified atom stereocenters. The van der Waals surface area contributed by atoms with Gasteiger partial charge in [-0.25, -0.2) is 0 Å². The van der Waals surface area contributed by atoms with Gasteiger partial charge in [0.25, 0.3) is 0 Å². The summed E-state index contributed by atoms with van der Waals surface area (Å²) in [5.41, 5.74) is 0. The zero-order chi connectivity index (χ0) is 7.23. The van der Waals surface area contributed by atoms with Gasteiger partial charge in [0.1, 0.15) is 6.29 Å². The Morgan fingerprint density at radius 3 is 2.70 bits per heavy atom. The van der Waals surface area contributed by atoms with Gasteiger partial charge in [0.15, 0.2) is 0 Å². The minimum Gasteiger partial charge on any atom is -0.310 e. The first-order valence-corrected chi connectivity index (χ1v) is 4.08. The third kappa shape index (κ3) is 2.48. The van der Waals surface area contributed by atoms with Crippen LogP contribution in [-0.4, -0.2) is 19.4 Å². The fraction of sp³-hybridized carbons (Fsp3) is 0.875. The van der Waals surface area contributed by atoms with Crippen molar-refractivity contribution in [1.29, 1.82) is 0 Å². The van der Waals surface area contributed by atoms with Crippen LogP contribution in [-0.2, 0) is 4.79 Å². The molecule has 58 valence electrons. The van der Waals surface area contributed by atoms with Crippen molar-refractivity contribution in [3.8, 4) is 0 Å². The SMILES string of the molecule is O=CCNCC1CCCC1. The first-order chi connectivity index (χ1) is 4.93. The van der Waals surface area contributed by atoms with Gasteiger partial charge < -0.3 is 10.1 Å². The van der Waals surface area contributed by atoms with Crippen LogP contribution < -0.4 is 5.32 Å². The maximum absolute atomic E-state index is 9.92. The first-order valence-electron chi connectivity index (χ1n) is 4.08. The zero-order valence-electron chi connectivity index (χ0n) is 6.31. The Bertz CT molecular complexity index is 97.4. The lowest BCUT2D eigenvalue weighted by atomic mass is 10.1. The number of carbonyl (C=O) groups excluding carboxylic acids is 1. The molecular formula is C8H15NO. The largest absolute Gasteiger partial charge is 0.310 e. The number of aldehydes is 1. The summed E-state index contributed by atoms with van der Waals surface area (Å²) < 4.78 is 0. The molecule has 10 heavy (non-hydrogen) atoms. The van der Waals surface area contributed by atoms with Gasteiger partial charge in [0, 0.05) is 0 Å². The molecule has 0 radical (unpaired) electrons. The van der Waals surface area contributed by atoms with Gasteiger partial charge in [0.2, 0.25) is 0 Å². The van der Waals surface area contributed by atoms with Crippen molar-refractivity contribution < 1.29 is 4.79 Å². The standard InChI is InChI=1S/C8H15NO/c10-6-5-9-7-8-3-1-2-4-8/h6,8-9H,1-5,7H2. The van der Waals surface area contributed by atoms with Crippen LogP contribution in [0.3, 0.4) is 0 Å². The van der Waals surface area contributed by atoms with E-state index in [0.717, 1.165) is 18.7 Å². The highest BCUT2D eigenvalue weighted by molar-refractivity contribution is 5.51. The average Bonchev–Trinajstić information content (AvgIpc) is 2.41. The molecule has 0 atom stereocenters. The minimum absolute atomic E-state index is 0.524. The second-order valence-electron chi connectivity index (χ2n) is 2.98. The zero-order valence-corrected chi connectivity index (χ0v) is 6.31. The third-order valence-electron chi connectivity index (χ3n) is 2.14. The Morgan fingerprint density at radius 2 is 2.10 bits per heavy atom. The van der Waals surface area contributed by atoms with Gasteiger partial charge in [-0.3, -0.25) is 0 Å². The summed E-state index contributed by atoms with van der Waals surface area (Å²) in [7, 11) is 0. The van der Waals surface area contributed by atoms with Crippen LogP contribution in [0.25, 0.3) is 0 Å². The van der Waals surface area contributed by atoms with Crippen LogP contribution in [0.5, 0.6) is 0 Å². The van der Waals surface area contributed by atoms with Crippen molar-refractivity contribution in [2.24, 2.45) is 5.92 Å². The first kappa shape index (κ1) is 7.73. The molecular weight excluding hydrogens is 126 g/mol. The van der Waals surface area contributed by atoms with Gasteiger partial charge in [-0.2, -0.15) is 0 Å². The Hall–Kier alpha value is -0.370. The van der Waals surface area contributed by atoms with E-state index in [1.807, 2.05) is 0 Å². The molecule has 0 heterocycles. The lowest BCUT2D eigenvalue weighted by Crippen LogP contribution is -2.22. The smallest absolute Gasteiger partial charge is 0.133 e. The van der Waals surface area contributed by atoms with Crippen molar-refractivity contribution in [2.75, 3.05) is 13.1 Å². The topological polar surface area (TPSA) is 29.1 Å². The predicted molar refractivity (Wildman–Crippen MR) is 40.9 cm³/mol. The van der Waals surface area contributed by atoms with E-state index in [-0.39, 0.29) is 0 Å². The number of nitrogens with one attached hydrogen (secondary N) is 1. The molecule has 1 aliphatic carbocycles. The maximum atomic E-state index is 9.92. The Labute approximate surface area is 62.0 Å². The van der Waals surface area contributed by atoms with E-state index in [0.29, 0.717) is 6.54 Å². The summed E-state index contributed by atoms with van der Waals surface area (Å²) in [6.45, 7) is 1.56. The number of carbonyl (C=O) groups is 1. The maximum Gasteiger partial charge on any atom is 0.133 e. The molecule has 1 aliphatic rings. The van der Waals surface area contributed by atoms with Gasteiger partial charge in [0.05, 0.1) is 6.54 Å². The highest BCUT2D eigenvalue weighted by atomic mass is 16.1. The van der Waals surface area contributed by atoms with Crippen LogP contribution in [0.15, 0.2) is 0 Å². The molecule has 1 rings (SSSR count). The van der Waals surface area contributed by atoms with Crippen LogP contribution >= 0.6 is 0 Å². The highest BCUT2D eigenvalue weighted by Crippen LogP contribution is 2.23. The molecule has 1 fully saturated rings. The van der Waals surface area contributed by atoms with Crippen molar-refractivity contribution in [3.63, 3.8) is 0 Å². The summed E-state index contributed by atoms with van der Waals surface area (Å²) >= 11 is 0. The van der Waals surface area contributed by atoms with E-state index in [1.54, 1.807) is 0 Å². The fourth-order valence-electron chi connectivity index (χ4n) is 1.56. The van der Waals surface area contributed by atoms with E-state index in [9.17, 15) is 4.79 Å². The van der Waals surface area contributed by atoms with E-state index < -0.39 is 0 Å². The highest BCUT2D eigenvalue weighted by Gasteiger charge is 2.13. The summed E-state index contributed by atoms with van der Waals surface area (Å²) in [6.07, 6.45) is 6.40. The lowest BCUT2D eigenvalue weighted by Gasteiger charge is -2.06. The number of rotatable bonds is 4. The predicted octanol–water partition coefficient (Wildman–Crippen LogP) is 0.965. The van der Waals surface area contributed by atoms with Crippen LogP contribution in [0.4, 0.5) is 0 Å². The van der Waals surface area contributed by atoms with E-state index >= 15 is 0 Å². The van der Waals surface area contributed by atoms with Crippen LogP contribution in [0.1, 0.15) is 25.7 Å². The quantitative estimate of drug-likeness (QED) is 0.467. The minimum atomic E-state index is 0.524. The van der Waals surface area contributed by atoms with Gasteiger partial charge >= 0.3 is 0 Å². The van der Waals surface area contributed by atoms with E-state index in [4.69, 9.17) is 0 Å². The van der Waals surface area contributed by atoms with Gasteiger partial charge in [-0.05, 0) is 25.3 Å². The molecule has 0 amide bonds. The normalized spacial score (nSPS) is 19.6. The fourth-order valence-corrected chi connectivity index (χ4v) is 1.56. The Kier molecular flexibility index (Phi) is 3.44. The monoisotopic (exact) mass is 141 g/mol. The van der Waals surface area contributed by atoms with E-state index in [1.165, 1.54) is 25.7 Å². The van der Waals surface area contributed by atoms with E-state index in [2.05, 4.69) is 5.32 Å². The van der Waals surface area contributed by atoms with Crippen LogP contribution in [0, 0.1) is 5.92 Å². The van der Waals surface area contributed by atoms with Gasteiger partial charge in [-0.1, -0.05) is 12.8 Å². The number of hydrogen-bond acceptors (Lipinski definition) is 2. The Balaban J connectivity index is 1.96. The number of hydrogen-bond donors (Lipinski definition) is 1. The van der Waals surface area contributed by atoms with Crippen molar-refractivity contribution in [1.82, 2.24) is 5.32 Å². The third-order valence-corrected chi connectivity index (χ3v) is 2.14. The molecule has 0 aromatic carbocycles. The van der Waals surface area contributed by atoms with Gasteiger partial charge in [-0.15, -0.1) is 0 Å². The Morgan fingerprint density at radius 1 is 1.40 bits per heavy atom. The molecule has 2 nitrogen and oxygen atoms in total. The molecule has 0 aliphatic heterocycles. The molecule has 0 aromatic heterocycles.